The molecule has 0 saturated carbocycles. The van der Waals surface area contributed by atoms with Crippen molar-refractivity contribution in [2.75, 3.05) is 6.26 Å². The number of fused-ring (bicyclic) bond motifs is 1. The molecule has 0 amide bonds. The van der Waals surface area contributed by atoms with E-state index in [1.165, 1.54) is 28.6 Å². The van der Waals surface area contributed by atoms with Gasteiger partial charge < -0.3 is 4.42 Å². The zero-order valence-corrected chi connectivity index (χ0v) is 9.69. The van der Waals surface area contributed by atoms with Gasteiger partial charge in [0.25, 0.3) is 11.3 Å². The Kier molecular flexibility index (Phi) is 2.25. The molecule has 7 heteroatoms. The van der Waals surface area contributed by atoms with E-state index in [0.717, 1.165) is 0 Å². The molecule has 1 N–H and O–H groups in total. The first-order valence-corrected chi connectivity index (χ1v) is 6.08. The minimum atomic E-state index is -0.214. The summed E-state index contributed by atoms with van der Waals surface area (Å²) < 4.78 is 6.51. The number of hydrogen-bond acceptors (Lipinski definition) is 5. The van der Waals surface area contributed by atoms with Gasteiger partial charge in [0.15, 0.2) is 10.9 Å². The number of H-pyrrole nitrogens is 1. The largest absolute Gasteiger partial charge is 0.463 e. The average Bonchev–Trinajstić information content (AvgIpc) is 2.97. The fourth-order valence-electron chi connectivity index (χ4n) is 1.50. The second-order valence-corrected chi connectivity index (χ2v) is 4.12. The van der Waals surface area contributed by atoms with Gasteiger partial charge in [-0.3, -0.25) is 9.89 Å². The number of furan rings is 1. The average molecular weight is 248 g/mol. The molecular weight excluding hydrogens is 240 g/mol. The highest BCUT2D eigenvalue weighted by atomic mass is 32.2. The van der Waals surface area contributed by atoms with Crippen molar-refractivity contribution in [2.45, 2.75) is 5.16 Å². The predicted molar refractivity (Wildman–Crippen MR) is 63.1 cm³/mol. The predicted octanol–water partition coefficient (Wildman–Crippen LogP) is 1.40. The van der Waals surface area contributed by atoms with Gasteiger partial charge in [0.2, 0.25) is 0 Å². The van der Waals surface area contributed by atoms with Crippen LogP contribution in [-0.2, 0) is 0 Å². The summed E-state index contributed by atoms with van der Waals surface area (Å²) in [5.74, 6) is 0.895. The van der Waals surface area contributed by atoms with Gasteiger partial charge in [0, 0.05) is 6.07 Å². The first-order chi connectivity index (χ1) is 8.28. The Bertz CT molecular complexity index is 714. The van der Waals surface area contributed by atoms with E-state index < -0.39 is 0 Å². The molecule has 0 bridgehead atoms. The van der Waals surface area contributed by atoms with Crippen molar-refractivity contribution in [3.8, 4) is 11.5 Å². The molecule has 3 aromatic rings. The number of aromatic amines is 1. The molecule has 86 valence electrons. The summed E-state index contributed by atoms with van der Waals surface area (Å²) in [5, 5.41) is 3.49. The van der Waals surface area contributed by atoms with Crippen molar-refractivity contribution in [3.05, 3.63) is 34.8 Å². The van der Waals surface area contributed by atoms with E-state index >= 15 is 0 Å². The van der Waals surface area contributed by atoms with Crippen LogP contribution >= 0.6 is 11.8 Å². The van der Waals surface area contributed by atoms with Crippen molar-refractivity contribution in [3.63, 3.8) is 0 Å². The van der Waals surface area contributed by atoms with Crippen LogP contribution in [0.1, 0.15) is 0 Å². The van der Waals surface area contributed by atoms with E-state index in [1.807, 2.05) is 6.26 Å². The minimum absolute atomic E-state index is 0.214. The molecule has 0 spiro atoms. The van der Waals surface area contributed by atoms with Gasteiger partial charge in [-0.15, -0.1) is 0 Å². The molecule has 0 saturated heterocycles. The fraction of sp³-hybridized carbons (Fsp3) is 0.100. The van der Waals surface area contributed by atoms with Gasteiger partial charge in [-0.1, -0.05) is 11.8 Å². The molecule has 0 atom stereocenters. The third kappa shape index (κ3) is 1.64. The molecular formula is C10H8N4O2S. The first-order valence-electron chi connectivity index (χ1n) is 4.85. The highest BCUT2D eigenvalue weighted by Crippen LogP contribution is 2.16. The summed E-state index contributed by atoms with van der Waals surface area (Å²) in [7, 11) is 0. The number of nitrogens with one attached hydrogen (secondary N) is 1. The van der Waals surface area contributed by atoms with E-state index in [0.29, 0.717) is 22.4 Å². The van der Waals surface area contributed by atoms with Crippen molar-refractivity contribution in [1.82, 2.24) is 19.6 Å². The lowest BCUT2D eigenvalue weighted by Gasteiger charge is -1.95. The molecule has 6 nitrogen and oxygen atoms in total. The number of rotatable bonds is 2. The van der Waals surface area contributed by atoms with Crippen LogP contribution in [0, 0.1) is 0 Å². The maximum atomic E-state index is 11.8. The number of aromatic nitrogens is 4. The number of nitrogens with zero attached hydrogens (tertiary/aromatic N) is 3. The summed E-state index contributed by atoms with van der Waals surface area (Å²) in [6, 6.07) is 4.91. The van der Waals surface area contributed by atoms with Crippen molar-refractivity contribution < 1.29 is 4.42 Å². The maximum Gasteiger partial charge on any atom is 0.274 e. The van der Waals surface area contributed by atoms with Crippen LogP contribution < -0.4 is 5.56 Å². The smallest absolute Gasteiger partial charge is 0.274 e. The normalized spacial score (nSPS) is 11.1. The van der Waals surface area contributed by atoms with E-state index in [1.54, 1.807) is 12.1 Å². The molecule has 3 heterocycles. The second-order valence-electron chi connectivity index (χ2n) is 3.33. The number of thioether (sulfide) groups is 1. The van der Waals surface area contributed by atoms with E-state index in [4.69, 9.17) is 4.42 Å². The summed E-state index contributed by atoms with van der Waals surface area (Å²) in [4.78, 5) is 20.3. The topological polar surface area (TPSA) is 76.2 Å². The van der Waals surface area contributed by atoms with Crippen LogP contribution in [0.25, 0.3) is 17.2 Å². The van der Waals surface area contributed by atoms with E-state index in [9.17, 15) is 4.79 Å². The third-order valence-corrected chi connectivity index (χ3v) is 2.85. The quantitative estimate of drug-likeness (QED) is 0.694. The van der Waals surface area contributed by atoms with Crippen LogP contribution in [-0.4, -0.2) is 25.8 Å². The SMILES string of the molecule is CSc1nc2nc(-c3ccco3)cc(=O)n2[nH]1. The summed E-state index contributed by atoms with van der Waals surface area (Å²) in [6.45, 7) is 0. The molecule has 0 radical (unpaired) electrons. The molecule has 0 aromatic carbocycles. The van der Waals surface area contributed by atoms with E-state index in [-0.39, 0.29) is 5.56 Å². The second kappa shape index (κ2) is 3.77. The van der Waals surface area contributed by atoms with Crippen LogP contribution in [0.5, 0.6) is 0 Å². The zero-order chi connectivity index (χ0) is 11.8. The third-order valence-electron chi connectivity index (χ3n) is 2.28. The summed E-state index contributed by atoms with van der Waals surface area (Å²) >= 11 is 1.42. The van der Waals surface area contributed by atoms with Gasteiger partial charge in [0.05, 0.1) is 6.26 Å². The Hall–Kier alpha value is -2.02. The molecule has 0 fully saturated rings. The Labute approximate surface area is 99.7 Å². The van der Waals surface area contributed by atoms with Crippen LogP contribution in [0.3, 0.4) is 0 Å². The Morgan fingerprint density at radius 2 is 2.35 bits per heavy atom. The molecule has 0 aliphatic carbocycles. The zero-order valence-electron chi connectivity index (χ0n) is 8.88. The van der Waals surface area contributed by atoms with Crippen LogP contribution in [0.15, 0.2) is 38.8 Å². The standard InChI is InChI=1S/C10H8N4O2S/c1-17-10-12-9-11-6(7-3-2-4-16-7)5-8(15)14(9)13-10/h2-5H,1H3,(H,11,12,13). The van der Waals surface area contributed by atoms with Crippen LogP contribution in [0.2, 0.25) is 0 Å². The Morgan fingerprint density at radius 3 is 3.06 bits per heavy atom. The van der Waals surface area contributed by atoms with Crippen LogP contribution in [0.4, 0.5) is 0 Å². The summed E-state index contributed by atoms with van der Waals surface area (Å²) in [6.07, 6.45) is 3.41. The fourth-order valence-corrected chi connectivity index (χ4v) is 1.86. The summed E-state index contributed by atoms with van der Waals surface area (Å²) in [5.41, 5.74) is 0.272. The first kappa shape index (κ1) is 10.2. The minimum Gasteiger partial charge on any atom is -0.463 e. The molecule has 0 unspecified atom stereocenters. The molecule has 0 aliphatic heterocycles. The molecule has 3 aromatic heterocycles. The molecule has 3 rings (SSSR count). The lowest BCUT2D eigenvalue weighted by molar-refractivity contribution is 0.579. The Balaban J connectivity index is 2.27. The van der Waals surface area contributed by atoms with E-state index in [2.05, 4.69) is 15.1 Å². The molecule has 0 aliphatic rings. The van der Waals surface area contributed by atoms with Crippen molar-refractivity contribution >= 4 is 17.5 Å². The van der Waals surface area contributed by atoms with Crippen molar-refractivity contribution in [2.24, 2.45) is 0 Å². The van der Waals surface area contributed by atoms with Gasteiger partial charge >= 0.3 is 0 Å². The van der Waals surface area contributed by atoms with Crippen molar-refractivity contribution in [1.29, 1.82) is 0 Å². The van der Waals surface area contributed by atoms with Gasteiger partial charge in [-0.25, -0.2) is 4.98 Å². The number of hydrogen-bond donors (Lipinski definition) is 1. The Morgan fingerprint density at radius 1 is 1.47 bits per heavy atom. The maximum absolute atomic E-state index is 11.8. The lowest BCUT2D eigenvalue weighted by Crippen LogP contribution is -2.14. The molecule has 17 heavy (non-hydrogen) atoms. The van der Waals surface area contributed by atoms with Gasteiger partial charge in [-0.05, 0) is 18.4 Å². The highest BCUT2D eigenvalue weighted by molar-refractivity contribution is 7.98. The lowest BCUT2D eigenvalue weighted by atomic mass is 10.3. The monoisotopic (exact) mass is 248 g/mol. The highest BCUT2D eigenvalue weighted by Gasteiger charge is 2.10. The van der Waals surface area contributed by atoms with Gasteiger partial charge in [0.1, 0.15) is 5.69 Å². The van der Waals surface area contributed by atoms with Gasteiger partial charge in [-0.2, -0.15) is 9.50 Å².